The summed E-state index contributed by atoms with van der Waals surface area (Å²) < 4.78 is 0. The highest BCUT2D eigenvalue weighted by molar-refractivity contribution is 7.18. The van der Waals surface area contributed by atoms with Gasteiger partial charge in [0.15, 0.2) is 5.01 Å². The number of imide groups is 1. The quantitative estimate of drug-likeness (QED) is 0.285. The van der Waals surface area contributed by atoms with Crippen LogP contribution in [0.5, 0.6) is 0 Å². The van der Waals surface area contributed by atoms with Gasteiger partial charge < -0.3 is 5.32 Å². The predicted molar refractivity (Wildman–Crippen MR) is 148 cm³/mol. The number of fused-ring (bicyclic) bond motifs is 2. The molecular formula is C29H22N6O2S. The number of aromatic nitrogens is 4. The lowest BCUT2D eigenvalue weighted by molar-refractivity contribution is 0.0647. The molecular weight excluding hydrogens is 496 g/mol. The van der Waals surface area contributed by atoms with Gasteiger partial charge in [-0.1, -0.05) is 66.5 Å². The summed E-state index contributed by atoms with van der Waals surface area (Å²) in [5.41, 5.74) is 4.28. The molecule has 1 aliphatic heterocycles. The third kappa shape index (κ3) is 4.44. The van der Waals surface area contributed by atoms with Crippen LogP contribution in [0.25, 0.3) is 27.7 Å². The average molecular weight is 519 g/mol. The van der Waals surface area contributed by atoms with Crippen molar-refractivity contribution < 1.29 is 9.59 Å². The van der Waals surface area contributed by atoms with E-state index in [2.05, 4.69) is 27.1 Å². The van der Waals surface area contributed by atoms with Gasteiger partial charge >= 0.3 is 0 Å². The molecule has 186 valence electrons. The zero-order valence-electron chi connectivity index (χ0n) is 20.2. The number of nitrogens with one attached hydrogen (secondary N) is 1. The van der Waals surface area contributed by atoms with Crippen LogP contribution in [0.3, 0.4) is 0 Å². The number of benzene rings is 2. The lowest BCUT2D eigenvalue weighted by Crippen LogP contribution is -2.41. The molecule has 9 heteroatoms. The van der Waals surface area contributed by atoms with Crippen molar-refractivity contribution in [3.63, 3.8) is 0 Å². The molecule has 5 aromatic rings. The lowest BCUT2D eigenvalue weighted by Gasteiger charge is -2.23. The first kappa shape index (κ1) is 23.6. The van der Waals surface area contributed by atoms with Gasteiger partial charge in [0.25, 0.3) is 11.8 Å². The van der Waals surface area contributed by atoms with Crippen molar-refractivity contribution in [2.75, 3.05) is 11.9 Å². The van der Waals surface area contributed by atoms with E-state index < -0.39 is 0 Å². The van der Waals surface area contributed by atoms with E-state index in [1.165, 1.54) is 16.2 Å². The number of hydrogen-bond donors (Lipinski definition) is 1. The third-order valence-corrected chi connectivity index (χ3v) is 7.30. The van der Waals surface area contributed by atoms with Gasteiger partial charge in [0, 0.05) is 29.9 Å². The molecule has 0 unspecified atom stereocenters. The van der Waals surface area contributed by atoms with Crippen LogP contribution in [0.2, 0.25) is 0 Å². The zero-order valence-corrected chi connectivity index (χ0v) is 21.1. The molecule has 38 heavy (non-hydrogen) atoms. The summed E-state index contributed by atoms with van der Waals surface area (Å²) in [4.78, 5) is 36.4. The van der Waals surface area contributed by atoms with E-state index in [9.17, 15) is 9.59 Å². The summed E-state index contributed by atoms with van der Waals surface area (Å²) in [5.74, 6) is -0.562. The molecule has 4 heterocycles. The minimum Gasteiger partial charge on any atom is -0.355 e. The molecule has 2 aromatic carbocycles. The highest BCUT2D eigenvalue weighted by atomic mass is 32.1. The Morgan fingerprint density at radius 3 is 2.39 bits per heavy atom. The monoisotopic (exact) mass is 518 g/mol. The second-order valence-corrected chi connectivity index (χ2v) is 9.89. The molecule has 0 saturated heterocycles. The van der Waals surface area contributed by atoms with Gasteiger partial charge in [0.2, 0.25) is 5.13 Å². The van der Waals surface area contributed by atoms with Crippen molar-refractivity contribution in [3.8, 4) is 10.7 Å². The molecule has 1 aliphatic rings. The van der Waals surface area contributed by atoms with Crippen molar-refractivity contribution >= 4 is 45.3 Å². The average Bonchev–Trinajstić information content (AvgIpc) is 3.52. The predicted octanol–water partition coefficient (Wildman–Crippen LogP) is 5.11. The third-order valence-electron chi connectivity index (χ3n) is 6.42. The van der Waals surface area contributed by atoms with Crippen LogP contribution in [-0.2, 0) is 6.42 Å². The SMILES string of the molecule is C=Cc1cncc2ccc(-c3nnc(N[C@@H](Cc4ccccc4)CN4C(=O)c5ccccc5C4=O)s3)nc12. The minimum absolute atomic E-state index is 0.195. The van der Waals surface area contributed by atoms with Crippen molar-refractivity contribution in [2.24, 2.45) is 0 Å². The van der Waals surface area contributed by atoms with Gasteiger partial charge in [0.1, 0.15) is 5.69 Å². The summed E-state index contributed by atoms with van der Waals surface area (Å²) in [5, 5.41) is 14.3. The van der Waals surface area contributed by atoms with Crippen LogP contribution < -0.4 is 5.32 Å². The second kappa shape index (κ2) is 9.95. The molecule has 0 bridgehead atoms. The van der Waals surface area contributed by atoms with E-state index in [-0.39, 0.29) is 24.4 Å². The van der Waals surface area contributed by atoms with Crippen LogP contribution in [-0.4, -0.2) is 49.5 Å². The number of nitrogens with zero attached hydrogens (tertiary/aromatic N) is 5. The summed E-state index contributed by atoms with van der Waals surface area (Å²) in [7, 11) is 0. The molecule has 0 fully saturated rings. The Morgan fingerprint density at radius 1 is 0.921 bits per heavy atom. The molecule has 0 saturated carbocycles. The van der Waals surface area contributed by atoms with E-state index in [0.717, 1.165) is 22.0 Å². The number of pyridine rings is 2. The topological polar surface area (TPSA) is 101 Å². The van der Waals surface area contributed by atoms with Gasteiger partial charge in [0.05, 0.1) is 22.7 Å². The summed E-state index contributed by atoms with van der Waals surface area (Å²) in [6, 6.07) is 20.4. The summed E-state index contributed by atoms with van der Waals surface area (Å²) in [6.07, 6.45) is 5.81. The Kier molecular flexibility index (Phi) is 6.19. The molecule has 0 radical (unpaired) electrons. The van der Waals surface area contributed by atoms with Crippen molar-refractivity contribution in [1.29, 1.82) is 0 Å². The van der Waals surface area contributed by atoms with Crippen LogP contribution in [0.4, 0.5) is 5.13 Å². The van der Waals surface area contributed by atoms with E-state index >= 15 is 0 Å². The van der Waals surface area contributed by atoms with E-state index in [0.29, 0.717) is 33.4 Å². The van der Waals surface area contributed by atoms with Crippen LogP contribution in [0.1, 0.15) is 31.8 Å². The van der Waals surface area contributed by atoms with Gasteiger partial charge in [-0.25, -0.2) is 4.98 Å². The molecule has 2 amide bonds. The van der Waals surface area contributed by atoms with E-state index in [1.807, 2.05) is 42.5 Å². The van der Waals surface area contributed by atoms with Crippen molar-refractivity contribution in [1.82, 2.24) is 25.1 Å². The summed E-state index contributed by atoms with van der Waals surface area (Å²) >= 11 is 1.37. The number of anilines is 1. The number of carbonyl (C=O) groups is 2. The van der Waals surface area contributed by atoms with Crippen molar-refractivity contribution in [2.45, 2.75) is 12.5 Å². The maximum Gasteiger partial charge on any atom is 0.261 e. The summed E-state index contributed by atoms with van der Waals surface area (Å²) in [6.45, 7) is 4.05. The fraction of sp³-hybridized carbons (Fsp3) is 0.103. The normalized spacial score (nSPS) is 13.5. The molecule has 1 atom stereocenters. The fourth-order valence-corrected chi connectivity index (χ4v) is 5.37. The second-order valence-electron chi connectivity index (χ2n) is 8.91. The highest BCUT2D eigenvalue weighted by Gasteiger charge is 2.36. The Hall–Kier alpha value is -4.76. The maximum atomic E-state index is 13.0. The number of hydrogen-bond acceptors (Lipinski definition) is 8. The Balaban J connectivity index is 1.27. The Labute approximate surface area is 222 Å². The Bertz CT molecular complexity index is 1650. The van der Waals surface area contributed by atoms with Crippen LogP contribution >= 0.6 is 11.3 Å². The van der Waals surface area contributed by atoms with Gasteiger partial charge in [-0.05, 0) is 36.2 Å². The first-order valence-corrected chi connectivity index (χ1v) is 12.9. The van der Waals surface area contributed by atoms with Crippen LogP contribution in [0.15, 0.2) is 85.7 Å². The first-order chi connectivity index (χ1) is 18.6. The number of carbonyl (C=O) groups excluding carboxylic acids is 2. The Morgan fingerprint density at radius 2 is 1.66 bits per heavy atom. The maximum absolute atomic E-state index is 13.0. The molecule has 0 aliphatic carbocycles. The largest absolute Gasteiger partial charge is 0.355 e. The number of amides is 2. The fourth-order valence-electron chi connectivity index (χ4n) is 4.58. The minimum atomic E-state index is -0.281. The number of rotatable bonds is 8. The smallest absolute Gasteiger partial charge is 0.261 e. The van der Waals surface area contributed by atoms with Crippen LogP contribution in [0, 0.1) is 0 Å². The molecule has 6 rings (SSSR count). The molecule has 1 N–H and O–H groups in total. The molecule has 3 aromatic heterocycles. The zero-order chi connectivity index (χ0) is 26.1. The van der Waals surface area contributed by atoms with Gasteiger partial charge in [-0.15, -0.1) is 10.2 Å². The highest BCUT2D eigenvalue weighted by Crippen LogP contribution is 2.29. The molecule has 0 spiro atoms. The van der Waals surface area contributed by atoms with Crippen molar-refractivity contribution in [3.05, 3.63) is 108 Å². The van der Waals surface area contributed by atoms with Gasteiger partial charge in [-0.3, -0.25) is 19.5 Å². The standard InChI is InChI=1S/C29H22N6O2S/c1-2-19-15-30-16-20-12-13-24(32-25(19)20)26-33-34-29(38-26)31-21(14-18-8-4-3-5-9-18)17-35-27(36)22-10-6-7-11-23(22)28(35)37/h2-13,15-16,21H,1,14,17H2,(H,31,34)/t21-/m0/s1. The van der Waals surface area contributed by atoms with E-state index in [1.54, 1.807) is 42.7 Å². The van der Waals surface area contributed by atoms with Gasteiger partial charge in [-0.2, -0.15) is 0 Å². The lowest BCUT2D eigenvalue weighted by atomic mass is 10.1. The first-order valence-electron chi connectivity index (χ1n) is 12.1. The van der Waals surface area contributed by atoms with E-state index in [4.69, 9.17) is 4.98 Å². The molecule has 8 nitrogen and oxygen atoms in total.